The van der Waals surface area contributed by atoms with Gasteiger partial charge in [-0.1, -0.05) is 13.8 Å². The first-order chi connectivity index (χ1) is 9.82. The first kappa shape index (κ1) is 24.2. The highest BCUT2D eigenvalue weighted by molar-refractivity contribution is 5.98. The van der Waals surface area contributed by atoms with Crippen molar-refractivity contribution >= 4 is 36.5 Å². The van der Waals surface area contributed by atoms with Gasteiger partial charge in [-0.05, 0) is 38.3 Å². The molecule has 0 aliphatic rings. The molecule has 0 radical (unpaired) electrons. The van der Waals surface area contributed by atoms with Gasteiger partial charge in [0.15, 0.2) is 0 Å². The van der Waals surface area contributed by atoms with E-state index in [0.29, 0.717) is 23.8 Å². The van der Waals surface area contributed by atoms with Crippen molar-refractivity contribution in [1.82, 2.24) is 9.88 Å². The lowest BCUT2D eigenvalue weighted by atomic mass is 10.0. The number of hydrogen-bond acceptors (Lipinski definition) is 4. The molecule has 0 aromatic carbocycles. The zero-order chi connectivity index (χ0) is 16.0. The Morgan fingerprint density at radius 2 is 1.91 bits per heavy atom. The van der Waals surface area contributed by atoms with Gasteiger partial charge in [-0.3, -0.25) is 4.79 Å². The first-order valence-corrected chi connectivity index (χ1v) is 7.55. The maximum atomic E-state index is 12.5. The van der Waals surface area contributed by atoms with Gasteiger partial charge >= 0.3 is 0 Å². The smallest absolute Gasteiger partial charge is 0.257 e. The highest BCUT2D eigenvalue weighted by atomic mass is 35.5. The lowest BCUT2D eigenvalue weighted by Crippen LogP contribution is -2.35. The molecule has 1 amide bonds. The standard InChI is InChI=1S/C16H28N4O.2ClH/c1-11(2)14(17)8-10-20(5)16(21)13-7-6-9-18-15(13)19-12(3)4;;/h6-7,9,11-12,14H,8,10,17H2,1-5H3,(H,18,19);2*1H. The summed E-state index contributed by atoms with van der Waals surface area (Å²) in [5, 5.41) is 3.21. The van der Waals surface area contributed by atoms with Gasteiger partial charge in [0.25, 0.3) is 5.91 Å². The normalized spacial score (nSPS) is 11.5. The van der Waals surface area contributed by atoms with Crippen molar-refractivity contribution in [3.05, 3.63) is 23.9 Å². The monoisotopic (exact) mass is 364 g/mol. The molecule has 1 aromatic rings. The molecule has 0 bridgehead atoms. The van der Waals surface area contributed by atoms with Crippen LogP contribution in [0.1, 0.15) is 44.5 Å². The molecule has 1 heterocycles. The Kier molecular flexibility index (Phi) is 12.1. The van der Waals surface area contributed by atoms with Crippen molar-refractivity contribution in [3.63, 3.8) is 0 Å². The van der Waals surface area contributed by atoms with Crippen molar-refractivity contribution < 1.29 is 4.79 Å². The van der Waals surface area contributed by atoms with E-state index < -0.39 is 0 Å². The Labute approximate surface area is 152 Å². The molecule has 1 aromatic heterocycles. The Morgan fingerprint density at radius 3 is 2.43 bits per heavy atom. The van der Waals surface area contributed by atoms with Gasteiger partial charge < -0.3 is 16.0 Å². The number of nitrogens with zero attached hydrogens (tertiary/aromatic N) is 2. The zero-order valence-electron chi connectivity index (χ0n) is 14.6. The molecule has 3 N–H and O–H groups in total. The number of nitrogens with two attached hydrogens (primary N) is 1. The lowest BCUT2D eigenvalue weighted by molar-refractivity contribution is 0.0789. The van der Waals surface area contributed by atoms with E-state index in [9.17, 15) is 4.79 Å². The molecule has 1 unspecified atom stereocenters. The minimum atomic E-state index is -0.0257. The van der Waals surface area contributed by atoms with Crippen LogP contribution in [0, 0.1) is 5.92 Å². The Balaban J connectivity index is 0. The number of nitrogens with one attached hydrogen (secondary N) is 1. The number of carbonyl (C=O) groups excluding carboxylic acids is 1. The molecule has 1 rings (SSSR count). The quantitative estimate of drug-likeness (QED) is 0.779. The molecule has 0 aliphatic heterocycles. The summed E-state index contributed by atoms with van der Waals surface area (Å²) in [5.74, 6) is 1.03. The van der Waals surface area contributed by atoms with Gasteiger partial charge in [0, 0.05) is 31.9 Å². The molecule has 7 heteroatoms. The number of rotatable bonds is 7. The number of aromatic nitrogens is 1. The number of pyridine rings is 1. The molecule has 0 spiro atoms. The fourth-order valence-electron chi connectivity index (χ4n) is 1.95. The van der Waals surface area contributed by atoms with Gasteiger partial charge in [0.1, 0.15) is 5.82 Å². The van der Waals surface area contributed by atoms with Crippen LogP contribution in [0.4, 0.5) is 5.82 Å². The molecular formula is C16H30Cl2N4O. The minimum Gasteiger partial charge on any atom is -0.367 e. The molecular weight excluding hydrogens is 335 g/mol. The first-order valence-electron chi connectivity index (χ1n) is 7.55. The molecule has 0 saturated heterocycles. The van der Waals surface area contributed by atoms with Crippen molar-refractivity contribution in [3.8, 4) is 0 Å². The zero-order valence-corrected chi connectivity index (χ0v) is 16.2. The Morgan fingerprint density at radius 1 is 1.30 bits per heavy atom. The minimum absolute atomic E-state index is 0. The number of hydrogen-bond donors (Lipinski definition) is 2. The van der Waals surface area contributed by atoms with Crippen LogP contribution in [0.5, 0.6) is 0 Å². The summed E-state index contributed by atoms with van der Waals surface area (Å²) in [7, 11) is 1.81. The van der Waals surface area contributed by atoms with Gasteiger partial charge in [0.05, 0.1) is 5.56 Å². The summed E-state index contributed by atoms with van der Waals surface area (Å²) in [5.41, 5.74) is 6.64. The SMILES string of the molecule is CC(C)Nc1ncccc1C(=O)N(C)CCC(N)C(C)C.Cl.Cl. The average Bonchev–Trinajstić information content (AvgIpc) is 2.43. The number of halogens is 2. The third kappa shape index (κ3) is 7.86. The summed E-state index contributed by atoms with van der Waals surface area (Å²) in [6, 6.07) is 3.93. The highest BCUT2D eigenvalue weighted by Crippen LogP contribution is 2.15. The van der Waals surface area contributed by atoms with E-state index in [0.717, 1.165) is 6.42 Å². The summed E-state index contributed by atoms with van der Waals surface area (Å²) in [4.78, 5) is 18.5. The van der Waals surface area contributed by atoms with Crippen LogP contribution in [0.3, 0.4) is 0 Å². The van der Waals surface area contributed by atoms with E-state index in [1.807, 2.05) is 20.9 Å². The fraction of sp³-hybridized carbons (Fsp3) is 0.625. The molecule has 134 valence electrons. The summed E-state index contributed by atoms with van der Waals surface area (Å²) >= 11 is 0. The van der Waals surface area contributed by atoms with Crippen LogP contribution >= 0.6 is 24.8 Å². The molecule has 0 saturated carbocycles. The Hall–Kier alpha value is -1.04. The van der Waals surface area contributed by atoms with Crippen molar-refractivity contribution in [2.75, 3.05) is 18.9 Å². The number of carbonyl (C=O) groups is 1. The highest BCUT2D eigenvalue weighted by Gasteiger charge is 2.18. The molecule has 5 nitrogen and oxygen atoms in total. The summed E-state index contributed by atoms with van der Waals surface area (Å²) in [6.07, 6.45) is 2.49. The van der Waals surface area contributed by atoms with E-state index in [1.54, 1.807) is 23.2 Å². The van der Waals surface area contributed by atoms with Crippen molar-refractivity contribution in [2.45, 2.75) is 46.2 Å². The third-order valence-corrected chi connectivity index (χ3v) is 3.46. The second kappa shape index (κ2) is 11.5. The predicted molar refractivity (Wildman–Crippen MR) is 102 cm³/mol. The maximum Gasteiger partial charge on any atom is 0.257 e. The average molecular weight is 365 g/mol. The summed E-state index contributed by atoms with van der Waals surface area (Å²) < 4.78 is 0. The van der Waals surface area contributed by atoms with Gasteiger partial charge in [0.2, 0.25) is 0 Å². The Bertz CT molecular complexity index is 469. The lowest BCUT2D eigenvalue weighted by Gasteiger charge is -2.22. The van der Waals surface area contributed by atoms with E-state index in [4.69, 9.17) is 5.73 Å². The largest absolute Gasteiger partial charge is 0.367 e. The van der Waals surface area contributed by atoms with E-state index in [-0.39, 0.29) is 42.8 Å². The topological polar surface area (TPSA) is 71.2 Å². The second-order valence-electron chi connectivity index (χ2n) is 6.12. The van der Waals surface area contributed by atoms with Crippen LogP contribution < -0.4 is 11.1 Å². The molecule has 23 heavy (non-hydrogen) atoms. The van der Waals surface area contributed by atoms with Crippen LogP contribution in [-0.4, -0.2) is 41.5 Å². The van der Waals surface area contributed by atoms with Gasteiger partial charge in [-0.2, -0.15) is 0 Å². The van der Waals surface area contributed by atoms with E-state index in [1.165, 1.54) is 0 Å². The van der Waals surface area contributed by atoms with E-state index in [2.05, 4.69) is 24.1 Å². The van der Waals surface area contributed by atoms with Crippen molar-refractivity contribution in [2.24, 2.45) is 11.7 Å². The van der Waals surface area contributed by atoms with Crippen LogP contribution in [0.2, 0.25) is 0 Å². The van der Waals surface area contributed by atoms with Gasteiger partial charge in [-0.25, -0.2) is 4.98 Å². The predicted octanol–water partition coefficient (Wildman–Crippen LogP) is 3.19. The molecule has 0 aliphatic carbocycles. The fourth-order valence-corrected chi connectivity index (χ4v) is 1.95. The number of anilines is 1. The molecule has 0 fully saturated rings. The van der Waals surface area contributed by atoms with Crippen molar-refractivity contribution in [1.29, 1.82) is 0 Å². The second-order valence-corrected chi connectivity index (χ2v) is 6.12. The van der Waals surface area contributed by atoms with Gasteiger partial charge in [-0.15, -0.1) is 24.8 Å². The van der Waals surface area contributed by atoms with E-state index >= 15 is 0 Å². The van der Waals surface area contributed by atoms with Crippen LogP contribution in [0.15, 0.2) is 18.3 Å². The third-order valence-electron chi connectivity index (χ3n) is 3.46. The van der Waals surface area contributed by atoms with Crippen LogP contribution in [0.25, 0.3) is 0 Å². The number of amides is 1. The molecule has 1 atom stereocenters. The summed E-state index contributed by atoms with van der Waals surface area (Å²) in [6.45, 7) is 8.88. The maximum absolute atomic E-state index is 12.5. The van der Waals surface area contributed by atoms with Crippen LogP contribution in [-0.2, 0) is 0 Å².